The molecule has 2 aliphatic rings. The van der Waals surface area contributed by atoms with Gasteiger partial charge in [-0.1, -0.05) is 6.92 Å². The molecule has 0 aromatic rings. The van der Waals surface area contributed by atoms with Crippen molar-refractivity contribution in [3.63, 3.8) is 0 Å². The molecular formula is C12H24N2S. The first-order valence-electron chi connectivity index (χ1n) is 6.33. The molecule has 2 nitrogen and oxygen atoms in total. The zero-order valence-corrected chi connectivity index (χ0v) is 10.8. The summed E-state index contributed by atoms with van der Waals surface area (Å²) >= 11 is 4.48. The first kappa shape index (κ1) is 11.7. The van der Waals surface area contributed by atoms with E-state index in [4.69, 9.17) is 0 Å². The normalized spacial score (nSPS) is 26.8. The molecule has 0 aromatic carbocycles. The molecule has 0 radical (unpaired) electrons. The average Bonchev–Trinajstić information content (AvgIpc) is 3.02. The Morgan fingerprint density at radius 3 is 2.13 bits per heavy atom. The van der Waals surface area contributed by atoms with Crippen molar-refractivity contribution < 1.29 is 0 Å². The number of piperazine rings is 1. The minimum absolute atomic E-state index is 0.607. The van der Waals surface area contributed by atoms with Crippen LogP contribution in [-0.4, -0.2) is 54.8 Å². The molecule has 0 spiro atoms. The highest BCUT2D eigenvalue weighted by Crippen LogP contribution is 2.47. The van der Waals surface area contributed by atoms with E-state index in [9.17, 15) is 0 Å². The predicted octanol–water partition coefficient (Wildman–Crippen LogP) is 1.72. The summed E-state index contributed by atoms with van der Waals surface area (Å²) in [6.45, 7) is 9.95. The van der Waals surface area contributed by atoms with E-state index in [0.717, 1.165) is 5.75 Å². The van der Waals surface area contributed by atoms with Crippen molar-refractivity contribution in [2.45, 2.75) is 26.2 Å². The first-order valence-corrected chi connectivity index (χ1v) is 6.97. The van der Waals surface area contributed by atoms with Gasteiger partial charge in [-0.3, -0.25) is 0 Å². The van der Waals surface area contributed by atoms with Crippen molar-refractivity contribution in [3.05, 3.63) is 0 Å². The predicted molar refractivity (Wildman–Crippen MR) is 68.7 cm³/mol. The molecule has 2 rings (SSSR count). The summed E-state index contributed by atoms with van der Waals surface area (Å²) in [5.41, 5.74) is 0.607. The topological polar surface area (TPSA) is 6.48 Å². The van der Waals surface area contributed by atoms with Crippen LogP contribution in [0.1, 0.15) is 26.2 Å². The van der Waals surface area contributed by atoms with Crippen LogP contribution in [0.5, 0.6) is 0 Å². The molecule has 2 fully saturated rings. The van der Waals surface area contributed by atoms with Gasteiger partial charge in [-0.2, -0.15) is 12.6 Å². The molecule has 0 unspecified atom stereocenters. The fourth-order valence-electron chi connectivity index (χ4n) is 2.50. The lowest BCUT2D eigenvalue weighted by atomic mass is 10.1. The van der Waals surface area contributed by atoms with Gasteiger partial charge in [0, 0.05) is 32.7 Å². The van der Waals surface area contributed by atoms with E-state index in [2.05, 4.69) is 29.4 Å². The first-order chi connectivity index (χ1) is 7.28. The summed E-state index contributed by atoms with van der Waals surface area (Å²) in [7, 11) is 0. The van der Waals surface area contributed by atoms with Crippen LogP contribution in [0.15, 0.2) is 0 Å². The third-order valence-corrected chi connectivity index (χ3v) is 4.53. The molecular weight excluding hydrogens is 204 g/mol. The highest BCUT2D eigenvalue weighted by molar-refractivity contribution is 7.80. The third kappa shape index (κ3) is 3.11. The van der Waals surface area contributed by atoms with Crippen LogP contribution < -0.4 is 0 Å². The van der Waals surface area contributed by atoms with Crippen LogP contribution in [-0.2, 0) is 0 Å². The molecule has 1 heterocycles. The summed E-state index contributed by atoms with van der Waals surface area (Å²) in [5.74, 6) is 1.09. The number of nitrogens with zero attached hydrogens (tertiary/aromatic N) is 2. The highest BCUT2D eigenvalue weighted by Gasteiger charge is 2.42. The van der Waals surface area contributed by atoms with Gasteiger partial charge in [-0.15, -0.1) is 0 Å². The third-order valence-electron chi connectivity index (χ3n) is 3.86. The van der Waals surface area contributed by atoms with Gasteiger partial charge in [0.15, 0.2) is 0 Å². The van der Waals surface area contributed by atoms with E-state index in [1.807, 2.05) is 0 Å². The Bertz CT molecular complexity index is 196. The maximum absolute atomic E-state index is 4.48. The lowest BCUT2D eigenvalue weighted by molar-refractivity contribution is 0.117. The second-order valence-corrected chi connectivity index (χ2v) is 5.59. The molecule has 1 aliphatic carbocycles. The number of hydrogen-bond acceptors (Lipinski definition) is 3. The van der Waals surface area contributed by atoms with Crippen molar-refractivity contribution in [3.8, 4) is 0 Å². The number of thiol groups is 1. The maximum Gasteiger partial charge on any atom is 0.0110 e. The molecule has 3 heteroatoms. The van der Waals surface area contributed by atoms with Gasteiger partial charge in [0.05, 0.1) is 0 Å². The van der Waals surface area contributed by atoms with Gasteiger partial charge >= 0.3 is 0 Å². The van der Waals surface area contributed by atoms with Crippen molar-refractivity contribution in [1.29, 1.82) is 0 Å². The summed E-state index contributed by atoms with van der Waals surface area (Å²) in [5, 5.41) is 0. The van der Waals surface area contributed by atoms with E-state index >= 15 is 0 Å². The van der Waals surface area contributed by atoms with Crippen molar-refractivity contribution in [2.75, 3.05) is 45.0 Å². The van der Waals surface area contributed by atoms with E-state index in [0.29, 0.717) is 5.41 Å². The van der Waals surface area contributed by atoms with Crippen LogP contribution >= 0.6 is 12.6 Å². The number of rotatable bonds is 5. The highest BCUT2D eigenvalue weighted by atomic mass is 32.1. The fraction of sp³-hybridized carbons (Fsp3) is 1.00. The Balaban J connectivity index is 1.69. The standard InChI is InChI=1S/C12H24N2S/c1-2-5-13-6-8-14(9-7-13)10-12(11-15)3-4-12/h15H,2-11H2,1H3. The molecule has 0 atom stereocenters. The number of hydrogen-bond donors (Lipinski definition) is 1. The summed E-state index contributed by atoms with van der Waals surface area (Å²) < 4.78 is 0. The molecule has 15 heavy (non-hydrogen) atoms. The summed E-state index contributed by atoms with van der Waals surface area (Å²) in [6.07, 6.45) is 4.11. The average molecular weight is 228 g/mol. The largest absolute Gasteiger partial charge is 0.301 e. The lowest BCUT2D eigenvalue weighted by Crippen LogP contribution is -2.48. The second kappa shape index (κ2) is 5.07. The Morgan fingerprint density at radius 2 is 1.67 bits per heavy atom. The minimum Gasteiger partial charge on any atom is -0.301 e. The summed E-state index contributed by atoms with van der Waals surface area (Å²) in [6, 6.07) is 0. The molecule has 1 saturated heterocycles. The Morgan fingerprint density at radius 1 is 1.07 bits per heavy atom. The summed E-state index contributed by atoms with van der Waals surface area (Å²) in [4.78, 5) is 5.24. The van der Waals surface area contributed by atoms with Crippen molar-refractivity contribution in [1.82, 2.24) is 9.80 Å². The quantitative estimate of drug-likeness (QED) is 0.716. The van der Waals surface area contributed by atoms with Gasteiger partial charge in [0.1, 0.15) is 0 Å². The minimum atomic E-state index is 0.607. The van der Waals surface area contributed by atoms with E-state index < -0.39 is 0 Å². The Kier molecular flexibility index (Phi) is 3.97. The van der Waals surface area contributed by atoms with E-state index in [-0.39, 0.29) is 0 Å². The molecule has 0 amide bonds. The van der Waals surface area contributed by atoms with Gasteiger partial charge in [-0.25, -0.2) is 0 Å². The van der Waals surface area contributed by atoms with E-state index in [1.54, 1.807) is 0 Å². The lowest BCUT2D eigenvalue weighted by Gasteiger charge is -2.36. The van der Waals surface area contributed by atoms with Crippen LogP contribution in [0.3, 0.4) is 0 Å². The van der Waals surface area contributed by atoms with Gasteiger partial charge in [-0.05, 0) is 37.0 Å². The van der Waals surface area contributed by atoms with Gasteiger partial charge < -0.3 is 9.80 Å². The van der Waals surface area contributed by atoms with Crippen LogP contribution in [0.25, 0.3) is 0 Å². The van der Waals surface area contributed by atoms with Crippen molar-refractivity contribution in [2.24, 2.45) is 5.41 Å². The Hall–Kier alpha value is 0.270. The monoisotopic (exact) mass is 228 g/mol. The molecule has 1 aliphatic heterocycles. The zero-order chi connectivity index (χ0) is 10.7. The van der Waals surface area contributed by atoms with Crippen molar-refractivity contribution >= 4 is 12.6 Å². The second-order valence-electron chi connectivity index (χ2n) is 5.28. The van der Waals surface area contributed by atoms with Crippen LogP contribution in [0, 0.1) is 5.41 Å². The molecule has 1 saturated carbocycles. The molecule has 0 N–H and O–H groups in total. The Labute approximate surface area is 99.4 Å². The molecule has 0 aromatic heterocycles. The van der Waals surface area contributed by atoms with Crippen LogP contribution in [0.4, 0.5) is 0 Å². The fourth-order valence-corrected chi connectivity index (χ4v) is 2.92. The van der Waals surface area contributed by atoms with Crippen LogP contribution in [0.2, 0.25) is 0 Å². The SMILES string of the molecule is CCCN1CCN(CC2(CS)CC2)CC1. The van der Waals surface area contributed by atoms with E-state index in [1.165, 1.54) is 58.5 Å². The zero-order valence-electron chi connectivity index (χ0n) is 9.91. The maximum atomic E-state index is 4.48. The molecule has 0 bridgehead atoms. The smallest absolute Gasteiger partial charge is 0.0110 e. The van der Waals surface area contributed by atoms with Gasteiger partial charge in [0.2, 0.25) is 0 Å². The molecule has 88 valence electrons. The van der Waals surface area contributed by atoms with Gasteiger partial charge in [0.25, 0.3) is 0 Å².